The maximum atomic E-state index is 8.73. The van der Waals surface area contributed by atoms with E-state index < -0.39 is 0 Å². The van der Waals surface area contributed by atoms with E-state index >= 15 is 0 Å². The number of nitrogens with one attached hydrogen (secondary N) is 1. The molecule has 0 unspecified atom stereocenters. The molecule has 1 N–H and O–H groups in total. The zero-order valence-corrected chi connectivity index (χ0v) is 9.82. The summed E-state index contributed by atoms with van der Waals surface area (Å²) in [6.45, 7) is 2.15. The van der Waals surface area contributed by atoms with Gasteiger partial charge < -0.3 is 9.73 Å². The van der Waals surface area contributed by atoms with Gasteiger partial charge in [-0.3, -0.25) is 0 Å². The van der Waals surface area contributed by atoms with Gasteiger partial charge in [-0.05, 0) is 18.2 Å². The minimum absolute atomic E-state index is 0.416. The number of rotatable bonds is 3. The predicted octanol–water partition coefficient (Wildman–Crippen LogP) is 2.52. The number of nitrogens with zero attached hydrogens (tertiary/aromatic N) is 3. The highest BCUT2D eigenvalue weighted by Gasteiger charge is 2.04. The second kappa shape index (κ2) is 4.85. The number of nitriles is 1. The molecule has 0 aliphatic carbocycles. The van der Waals surface area contributed by atoms with Crippen molar-refractivity contribution in [3.05, 3.63) is 40.6 Å². The fourth-order valence-corrected chi connectivity index (χ4v) is 1.53. The van der Waals surface area contributed by atoms with Crippen molar-refractivity contribution >= 4 is 17.3 Å². The predicted molar refractivity (Wildman–Crippen MR) is 62.5 cm³/mol. The maximum Gasteiger partial charge on any atom is 0.235 e. The van der Waals surface area contributed by atoms with Crippen molar-refractivity contribution in [1.29, 1.82) is 5.26 Å². The zero-order chi connectivity index (χ0) is 12.3. The quantitative estimate of drug-likeness (QED) is 0.903. The van der Waals surface area contributed by atoms with Crippen LogP contribution in [-0.2, 0) is 6.54 Å². The molecule has 0 saturated carbocycles. The van der Waals surface area contributed by atoms with Crippen LogP contribution >= 0.6 is 11.6 Å². The Labute approximate surface area is 103 Å². The Morgan fingerprint density at radius 1 is 1.47 bits per heavy atom. The Balaban J connectivity index is 2.05. The molecule has 0 fully saturated rings. The van der Waals surface area contributed by atoms with Crippen LogP contribution in [-0.4, -0.2) is 10.2 Å². The van der Waals surface area contributed by atoms with Gasteiger partial charge in [-0.1, -0.05) is 11.6 Å². The molecule has 0 aliphatic rings. The van der Waals surface area contributed by atoms with Crippen LogP contribution in [0.25, 0.3) is 0 Å². The molecule has 2 aromatic rings. The van der Waals surface area contributed by atoms with E-state index in [0.29, 0.717) is 28.9 Å². The largest absolute Gasteiger partial charge is 0.424 e. The lowest BCUT2D eigenvalue weighted by molar-refractivity contribution is 0.475. The van der Waals surface area contributed by atoms with Crippen molar-refractivity contribution in [2.45, 2.75) is 13.5 Å². The molecule has 0 aliphatic heterocycles. The number of halogens is 1. The van der Waals surface area contributed by atoms with Crippen molar-refractivity contribution in [2.24, 2.45) is 0 Å². The van der Waals surface area contributed by atoms with Crippen molar-refractivity contribution in [3.8, 4) is 6.07 Å². The standard InChI is InChI=1S/C11H9ClN4O/c1-7-15-16-11(17-7)6-14-9-3-2-8(5-13)10(12)4-9/h2-4,14H,6H2,1H3. The smallest absolute Gasteiger partial charge is 0.235 e. The van der Waals surface area contributed by atoms with Crippen LogP contribution in [0.1, 0.15) is 17.3 Å². The molecule has 0 radical (unpaired) electrons. The van der Waals surface area contributed by atoms with Gasteiger partial charge in [0.2, 0.25) is 11.8 Å². The Kier molecular flexibility index (Phi) is 3.26. The minimum atomic E-state index is 0.416. The molecular formula is C11H9ClN4O. The highest BCUT2D eigenvalue weighted by atomic mass is 35.5. The van der Waals surface area contributed by atoms with Gasteiger partial charge in [0.1, 0.15) is 6.07 Å². The van der Waals surface area contributed by atoms with Gasteiger partial charge in [-0.15, -0.1) is 10.2 Å². The molecule has 5 nitrogen and oxygen atoms in total. The van der Waals surface area contributed by atoms with Crippen LogP contribution in [0.5, 0.6) is 0 Å². The van der Waals surface area contributed by atoms with Crippen LogP contribution in [0.3, 0.4) is 0 Å². The van der Waals surface area contributed by atoms with E-state index in [-0.39, 0.29) is 0 Å². The fraction of sp³-hybridized carbons (Fsp3) is 0.182. The monoisotopic (exact) mass is 248 g/mol. The third-order valence-electron chi connectivity index (χ3n) is 2.10. The molecule has 17 heavy (non-hydrogen) atoms. The number of hydrogen-bond donors (Lipinski definition) is 1. The Morgan fingerprint density at radius 2 is 2.29 bits per heavy atom. The summed E-state index contributed by atoms with van der Waals surface area (Å²) in [6.07, 6.45) is 0. The molecule has 0 atom stereocenters. The van der Waals surface area contributed by atoms with Gasteiger partial charge in [0, 0.05) is 12.6 Å². The van der Waals surface area contributed by atoms with Gasteiger partial charge in [0.25, 0.3) is 0 Å². The summed E-state index contributed by atoms with van der Waals surface area (Å²) in [7, 11) is 0. The fourth-order valence-electron chi connectivity index (χ4n) is 1.30. The number of aromatic nitrogens is 2. The van der Waals surface area contributed by atoms with E-state index in [0.717, 1.165) is 5.69 Å². The normalized spacial score (nSPS) is 9.94. The third-order valence-corrected chi connectivity index (χ3v) is 2.41. The molecule has 0 bridgehead atoms. The molecule has 0 spiro atoms. The summed E-state index contributed by atoms with van der Waals surface area (Å²) in [5.41, 5.74) is 1.25. The van der Waals surface area contributed by atoms with Gasteiger partial charge in [-0.2, -0.15) is 5.26 Å². The van der Waals surface area contributed by atoms with E-state index in [2.05, 4.69) is 15.5 Å². The number of benzene rings is 1. The molecular weight excluding hydrogens is 240 g/mol. The van der Waals surface area contributed by atoms with Crippen LogP contribution in [0, 0.1) is 18.3 Å². The number of hydrogen-bond acceptors (Lipinski definition) is 5. The maximum absolute atomic E-state index is 8.73. The van der Waals surface area contributed by atoms with Crippen molar-refractivity contribution in [3.63, 3.8) is 0 Å². The molecule has 1 aromatic heterocycles. The molecule has 2 rings (SSSR count). The van der Waals surface area contributed by atoms with Gasteiger partial charge in [0.15, 0.2) is 0 Å². The second-order valence-electron chi connectivity index (χ2n) is 3.37. The Hall–Kier alpha value is -2.06. The van der Waals surface area contributed by atoms with Crippen molar-refractivity contribution in [1.82, 2.24) is 10.2 Å². The summed E-state index contributed by atoms with van der Waals surface area (Å²) in [5.74, 6) is 1.03. The van der Waals surface area contributed by atoms with E-state index in [1.807, 2.05) is 6.07 Å². The minimum Gasteiger partial charge on any atom is -0.424 e. The van der Waals surface area contributed by atoms with E-state index in [4.69, 9.17) is 21.3 Å². The first-order valence-electron chi connectivity index (χ1n) is 4.91. The topological polar surface area (TPSA) is 74.7 Å². The summed E-state index contributed by atoms with van der Waals surface area (Å²) >= 11 is 5.90. The highest BCUT2D eigenvalue weighted by molar-refractivity contribution is 6.32. The number of anilines is 1. The molecule has 86 valence electrons. The first kappa shape index (κ1) is 11.4. The first-order chi connectivity index (χ1) is 8.19. The van der Waals surface area contributed by atoms with E-state index in [9.17, 15) is 0 Å². The number of aryl methyl sites for hydroxylation is 1. The summed E-state index contributed by atoms with van der Waals surface area (Å²) in [5, 5.41) is 19.8. The lowest BCUT2D eigenvalue weighted by Gasteiger charge is -2.04. The lowest BCUT2D eigenvalue weighted by atomic mass is 10.2. The zero-order valence-electron chi connectivity index (χ0n) is 9.07. The van der Waals surface area contributed by atoms with E-state index in [1.54, 1.807) is 25.1 Å². The molecule has 6 heteroatoms. The molecule has 1 aromatic carbocycles. The third kappa shape index (κ3) is 2.74. The second-order valence-corrected chi connectivity index (χ2v) is 3.78. The van der Waals surface area contributed by atoms with Crippen LogP contribution in [0.2, 0.25) is 5.02 Å². The lowest BCUT2D eigenvalue weighted by Crippen LogP contribution is -1.99. The van der Waals surface area contributed by atoms with Gasteiger partial charge >= 0.3 is 0 Å². The summed E-state index contributed by atoms with van der Waals surface area (Å²) in [4.78, 5) is 0. The van der Waals surface area contributed by atoms with Crippen LogP contribution in [0.15, 0.2) is 22.6 Å². The Bertz CT molecular complexity index is 573. The Morgan fingerprint density at radius 3 is 2.88 bits per heavy atom. The summed E-state index contributed by atoms with van der Waals surface area (Å²) < 4.78 is 5.21. The van der Waals surface area contributed by atoms with E-state index in [1.165, 1.54) is 0 Å². The molecule has 0 amide bonds. The molecule has 0 saturated heterocycles. The van der Waals surface area contributed by atoms with Crippen molar-refractivity contribution in [2.75, 3.05) is 5.32 Å². The summed E-state index contributed by atoms with van der Waals surface area (Å²) in [6, 6.07) is 7.11. The van der Waals surface area contributed by atoms with Crippen LogP contribution in [0.4, 0.5) is 5.69 Å². The van der Waals surface area contributed by atoms with Crippen molar-refractivity contribution < 1.29 is 4.42 Å². The van der Waals surface area contributed by atoms with Gasteiger partial charge in [-0.25, -0.2) is 0 Å². The average molecular weight is 249 g/mol. The van der Waals surface area contributed by atoms with Crippen LogP contribution < -0.4 is 5.32 Å². The first-order valence-corrected chi connectivity index (χ1v) is 5.29. The van der Waals surface area contributed by atoms with Gasteiger partial charge in [0.05, 0.1) is 17.1 Å². The average Bonchev–Trinajstić information content (AvgIpc) is 2.73. The SMILES string of the molecule is Cc1nnc(CNc2ccc(C#N)c(Cl)c2)o1. The molecule has 1 heterocycles. The highest BCUT2D eigenvalue weighted by Crippen LogP contribution is 2.20.